The molecule has 0 bridgehead atoms. The number of hydrogen-bond donors (Lipinski definition) is 0. The van der Waals surface area contributed by atoms with Gasteiger partial charge in [0.1, 0.15) is 18.0 Å². The largest absolute Gasteiger partial charge is 0.486 e. The van der Waals surface area contributed by atoms with Crippen LogP contribution in [0.1, 0.15) is 21.6 Å². The Hall–Kier alpha value is -3.19. The Balaban J connectivity index is 1.58. The normalized spacial score (nSPS) is 11.9. The lowest BCUT2D eigenvalue weighted by Gasteiger charge is -2.07. The van der Waals surface area contributed by atoms with Gasteiger partial charge in [-0.1, -0.05) is 18.2 Å². The van der Waals surface area contributed by atoms with Crippen molar-refractivity contribution in [1.29, 1.82) is 0 Å². The number of thiazole rings is 1. The SMILES string of the molecule is Cc1cccn2cc(COc3ccccc3C(=O)N=c3sccn3C)nc12. The predicted octanol–water partition coefficient (Wildman–Crippen LogP) is 3.36. The van der Waals surface area contributed by atoms with E-state index in [1.807, 2.05) is 65.1 Å². The molecule has 3 aromatic heterocycles. The second-order valence-corrected chi connectivity index (χ2v) is 7.03. The fraction of sp³-hybridized carbons (Fsp3) is 0.150. The number of aryl methyl sites for hydroxylation is 2. The van der Waals surface area contributed by atoms with E-state index >= 15 is 0 Å². The molecule has 27 heavy (non-hydrogen) atoms. The van der Waals surface area contributed by atoms with Crippen molar-refractivity contribution in [2.24, 2.45) is 12.0 Å². The highest BCUT2D eigenvalue weighted by atomic mass is 32.1. The number of benzene rings is 1. The number of ether oxygens (including phenoxy) is 1. The number of fused-ring (bicyclic) bond motifs is 1. The summed E-state index contributed by atoms with van der Waals surface area (Å²) in [5.41, 5.74) is 3.24. The topological polar surface area (TPSA) is 60.9 Å². The van der Waals surface area contributed by atoms with Crippen LogP contribution in [-0.2, 0) is 13.7 Å². The van der Waals surface area contributed by atoms with Gasteiger partial charge in [0.25, 0.3) is 5.91 Å². The highest BCUT2D eigenvalue weighted by Crippen LogP contribution is 2.20. The van der Waals surface area contributed by atoms with E-state index in [0.29, 0.717) is 16.1 Å². The van der Waals surface area contributed by atoms with Gasteiger partial charge in [-0.3, -0.25) is 4.79 Å². The molecule has 0 fully saturated rings. The van der Waals surface area contributed by atoms with Crippen molar-refractivity contribution >= 4 is 22.9 Å². The van der Waals surface area contributed by atoms with E-state index in [1.165, 1.54) is 11.3 Å². The zero-order chi connectivity index (χ0) is 18.8. The smallest absolute Gasteiger partial charge is 0.283 e. The van der Waals surface area contributed by atoms with Gasteiger partial charge < -0.3 is 13.7 Å². The highest BCUT2D eigenvalue weighted by Gasteiger charge is 2.13. The Morgan fingerprint density at radius 1 is 1.22 bits per heavy atom. The molecule has 6 nitrogen and oxygen atoms in total. The van der Waals surface area contributed by atoms with Gasteiger partial charge in [0.15, 0.2) is 4.80 Å². The van der Waals surface area contributed by atoms with E-state index in [-0.39, 0.29) is 12.5 Å². The van der Waals surface area contributed by atoms with Gasteiger partial charge in [-0.15, -0.1) is 11.3 Å². The van der Waals surface area contributed by atoms with Crippen LogP contribution in [-0.4, -0.2) is 19.9 Å². The zero-order valence-corrected chi connectivity index (χ0v) is 15.8. The van der Waals surface area contributed by atoms with Gasteiger partial charge in [-0.05, 0) is 30.7 Å². The highest BCUT2D eigenvalue weighted by molar-refractivity contribution is 7.07. The van der Waals surface area contributed by atoms with Crippen molar-refractivity contribution in [3.8, 4) is 5.75 Å². The maximum absolute atomic E-state index is 12.6. The van der Waals surface area contributed by atoms with Crippen molar-refractivity contribution in [3.63, 3.8) is 0 Å². The van der Waals surface area contributed by atoms with Gasteiger partial charge >= 0.3 is 0 Å². The molecule has 3 heterocycles. The average molecular weight is 378 g/mol. The van der Waals surface area contributed by atoms with Crippen LogP contribution in [0.3, 0.4) is 0 Å². The number of amides is 1. The van der Waals surface area contributed by atoms with Gasteiger partial charge in [0.05, 0.1) is 11.3 Å². The molecule has 7 heteroatoms. The van der Waals surface area contributed by atoms with Crippen molar-refractivity contribution < 1.29 is 9.53 Å². The van der Waals surface area contributed by atoms with Crippen molar-refractivity contribution in [3.05, 3.63) is 82.0 Å². The summed E-state index contributed by atoms with van der Waals surface area (Å²) in [6.07, 6.45) is 5.75. The van der Waals surface area contributed by atoms with Crippen LogP contribution in [0.25, 0.3) is 5.65 Å². The maximum atomic E-state index is 12.6. The molecule has 0 unspecified atom stereocenters. The second-order valence-electron chi connectivity index (χ2n) is 6.15. The summed E-state index contributed by atoms with van der Waals surface area (Å²) in [7, 11) is 1.86. The Labute approximate surface area is 160 Å². The van der Waals surface area contributed by atoms with E-state index in [1.54, 1.807) is 18.2 Å². The third-order valence-corrected chi connectivity index (χ3v) is 5.03. The minimum absolute atomic E-state index is 0.276. The van der Waals surface area contributed by atoms with Crippen LogP contribution in [0.15, 0.2) is 65.4 Å². The molecule has 0 atom stereocenters. The molecular weight excluding hydrogens is 360 g/mol. The van der Waals surface area contributed by atoms with Crippen LogP contribution in [0.5, 0.6) is 5.75 Å². The van der Waals surface area contributed by atoms with Gasteiger partial charge in [-0.2, -0.15) is 4.99 Å². The average Bonchev–Trinajstić information content (AvgIpc) is 3.27. The maximum Gasteiger partial charge on any atom is 0.283 e. The number of rotatable bonds is 4. The fourth-order valence-corrected chi connectivity index (χ4v) is 3.50. The first kappa shape index (κ1) is 17.2. The van der Waals surface area contributed by atoms with E-state index < -0.39 is 0 Å². The number of pyridine rings is 1. The molecular formula is C20H18N4O2S. The number of para-hydroxylation sites is 1. The monoisotopic (exact) mass is 378 g/mol. The lowest BCUT2D eigenvalue weighted by molar-refractivity contribution is 0.0993. The molecule has 4 rings (SSSR count). The zero-order valence-electron chi connectivity index (χ0n) is 15.0. The molecule has 0 saturated heterocycles. The molecule has 4 aromatic rings. The summed E-state index contributed by atoms with van der Waals surface area (Å²) in [5.74, 6) is 0.175. The summed E-state index contributed by atoms with van der Waals surface area (Å²) in [4.78, 5) is 22.0. The number of hydrogen-bond acceptors (Lipinski definition) is 4. The van der Waals surface area contributed by atoms with Crippen molar-refractivity contribution in [2.75, 3.05) is 0 Å². The van der Waals surface area contributed by atoms with Gasteiger partial charge in [0.2, 0.25) is 0 Å². The number of nitrogens with zero attached hydrogens (tertiary/aromatic N) is 4. The van der Waals surface area contributed by atoms with E-state index in [2.05, 4.69) is 9.98 Å². The third-order valence-electron chi connectivity index (χ3n) is 4.18. The second kappa shape index (κ2) is 7.20. The molecule has 0 aliphatic rings. The Bertz CT molecular complexity index is 1190. The molecule has 0 spiro atoms. The molecule has 1 aromatic carbocycles. The van der Waals surface area contributed by atoms with Crippen LogP contribution in [0.4, 0.5) is 0 Å². The lowest BCUT2D eigenvalue weighted by Crippen LogP contribution is -2.13. The number of carbonyl (C=O) groups is 1. The molecule has 0 aliphatic heterocycles. The fourth-order valence-electron chi connectivity index (χ4n) is 2.78. The van der Waals surface area contributed by atoms with Crippen molar-refractivity contribution in [1.82, 2.24) is 14.0 Å². The Morgan fingerprint density at radius 2 is 2.07 bits per heavy atom. The Morgan fingerprint density at radius 3 is 2.85 bits per heavy atom. The summed E-state index contributed by atoms with van der Waals surface area (Å²) in [6, 6.07) is 11.1. The predicted molar refractivity (Wildman–Crippen MR) is 104 cm³/mol. The minimum Gasteiger partial charge on any atom is -0.486 e. The number of aromatic nitrogens is 3. The van der Waals surface area contributed by atoms with Gasteiger partial charge in [-0.25, -0.2) is 4.98 Å². The van der Waals surface area contributed by atoms with Crippen molar-refractivity contribution in [2.45, 2.75) is 13.5 Å². The molecule has 1 amide bonds. The quantitative estimate of drug-likeness (QED) is 0.547. The Kier molecular flexibility index (Phi) is 4.60. The summed E-state index contributed by atoms with van der Waals surface area (Å²) in [5, 5.41) is 1.89. The van der Waals surface area contributed by atoms with Crippen LogP contribution in [0.2, 0.25) is 0 Å². The third kappa shape index (κ3) is 3.54. The summed E-state index contributed by atoms with van der Waals surface area (Å²) in [6.45, 7) is 2.30. The molecule has 0 radical (unpaired) electrons. The standard InChI is InChI=1S/C20H18N4O2S/c1-14-6-5-9-24-12-15(21-18(14)24)13-26-17-8-4-3-7-16(17)19(25)22-20-23(2)10-11-27-20/h3-12H,13H2,1-2H3. The van der Waals surface area contributed by atoms with Crippen LogP contribution in [0, 0.1) is 6.92 Å². The molecule has 136 valence electrons. The first-order chi connectivity index (χ1) is 13.1. The first-order valence-electron chi connectivity index (χ1n) is 8.46. The molecule has 0 saturated carbocycles. The summed E-state index contributed by atoms with van der Waals surface area (Å²) >= 11 is 1.41. The lowest BCUT2D eigenvalue weighted by atomic mass is 10.2. The van der Waals surface area contributed by atoms with Crippen LogP contribution < -0.4 is 9.54 Å². The van der Waals surface area contributed by atoms with E-state index in [0.717, 1.165) is 16.9 Å². The number of imidazole rings is 1. The van der Waals surface area contributed by atoms with Gasteiger partial charge in [0, 0.05) is 31.0 Å². The summed E-state index contributed by atoms with van der Waals surface area (Å²) < 4.78 is 9.68. The van der Waals surface area contributed by atoms with E-state index in [9.17, 15) is 4.79 Å². The molecule has 0 aliphatic carbocycles. The van der Waals surface area contributed by atoms with E-state index in [4.69, 9.17) is 4.74 Å². The van der Waals surface area contributed by atoms with Crippen LogP contribution >= 0.6 is 11.3 Å². The minimum atomic E-state index is -0.325. The number of carbonyl (C=O) groups excluding carboxylic acids is 1. The first-order valence-corrected chi connectivity index (χ1v) is 9.34. The molecule has 0 N–H and O–H groups in total.